The highest BCUT2D eigenvalue weighted by atomic mass is 32.2. The fourth-order valence-electron chi connectivity index (χ4n) is 1.25. The van der Waals surface area contributed by atoms with E-state index in [2.05, 4.69) is 4.98 Å². The van der Waals surface area contributed by atoms with Gasteiger partial charge in [-0.15, -0.1) is 0 Å². The maximum atomic E-state index is 11.9. The summed E-state index contributed by atoms with van der Waals surface area (Å²) in [5, 5.41) is 0.187. The monoisotopic (exact) mass is 222 g/mol. The standard InChI is InChI=1S/C10H10N2O2S/c11-8-3-5-9(6-4-8)15(13,14)10-2-1-7-12-10/h1-7,12H,11H2. The fraction of sp³-hybridized carbons (Fsp3) is 0. The summed E-state index contributed by atoms with van der Waals surface area (Å²) in [5.41, 5.74) is 6.03. The zero-order valence-corrected chi connectivity index (χ0v) is 8.66. The van der Waals surface area contributed by atoms with Gasteiger partial charge in [-0.3, -0.25) is 0 Å². The Morgan fingerprint density at radius 1 is 1.07 bits per heavy atom. The van der Waals surface area contributed by atoms with Crippen LogP contribution in [-0.2, 0) is 9.84 Å². The molecule has 15 heavy (non-hydrogen) atoms. The highest BCUT2D eigenvalue weighted by molar-refractivity contribution is 7.91. The van der Waals surface area contributed by atoms with Crippen LogP contribution in [0.25, 0.3) is 0 Å². The lowest BCUT2D eigenvalue weighted by atomic mass is 10.3. The lowest BCUT2D eigenvalue weighted by Crippen LogP contribution is -2.02. The summed E-state index contributed by atoms with van der Waals surface area (Å²) in [5.74, 6) is 0. The summed E-state index contributed by atoms with van der Waals surface area (Å²) >= 11 is 0. The summed E-state index contributed by atoms with van der Waals surface area (Å²) in [6.07, 6.45) is 1.57. The van der Waals surface area contributed by atoms with Crippen molar-refractivity contribution in [2.24, 2.45) is 0 Å². The van der Waals surface area contributed by atoms with Gasteiger partial charge in [0, 0.05) is 11.9 Å². The molecular formula is C10H10N2O2S. The highest BCUT2D eigenvalue weighted by Gasteiger charge is 2.17. The zero-order valence-electron chi connectivity index (χ0n) is 7.84. The van der Waals surface area contributed by atoms with Gasteiger partial charge in [-0.2, -0.15) is 0 Å². The molecule has 1 heterocycles. The lowest BCUT2D eigenvalue weighted by molar-refractivity contribution is 0.593. The Balaban J connectivity index is 2.52. The number of rotatable bonds is 2. The Morgan fingerprint density at radius 3 is 2.27 bits per heavy atom. The van der Waals surface area contributed by atoms with Crippen molar-refractivity contribution in [2.45, 2.75) is 9.92 Å². The maximum Gasteiger partial charge on any atom is 0.221 e. The molecule has 0 spiro atoms. The molecule has 0 amide bonds. The van der Waals surface area contributed by atoms with Crippen molar-refractivity contribution in [1.82, 2.24) is 4.98 Å². The van der Waals surface area contributed by atoms with E-state index in [1.54, 1.807) is 24.4 Å². The quantitative estimate of drug-likeness (QED) is 0.755. The first kappa shape index (κ1) is 9.79. The number of anilines is 1. The van der Waals surface area contributed by atoms with Crippen LogP contribution in [0.15, 0.2) is 52.5 Å². The lowest BCUT2D eigenvalue weighted by Gasteiger charge is -2.01. The average Bonchev–Trinajstić information content (AvgIpc) is 2.71. The van der Waals surface area contributed by atoms with E-state index in [4.69, 9.17) is 5.73 Å². The first-order valence-electron chi connectivity index (χ1n) is 4.35. The summed E-state index contributed by atoms with van der Waals surface area (Å²) in [7, 11) is -3.42. The van der Waals surface area contributed by atoms with Gasteiger partial charge in [0.25, 0.3) is 0 Å². The van der Waals surface area contributed by atoms with E-state index in [9.17, 15) is 8.42 Å². The summed E-state index contributed by atoms with van der Waals surface area (Å²) < 4.78 is 23.9. The van der Waals surface area contributed by atoms with Crippen LogP contribution in [0, 0.1) is 0 Å². The number of hydrogen-bond acceptors (Lipinski definition) is 3. The van der Waals surface area contributed by atoms with Crippen molar-refractivity contribution in [3.8, 4) is 0 Å². The molecule has 1 aromatic heterocycles. The van der Waals surface area contributed by atoms with Crippen molar-refractivity contribution >= 4 is 15.5 Å². The number of hydrogen-bond donors (Lipinski definition) is 2. The number of aromatic nitrogens is 1. The molecule has 0 atom stereocenters. The van der Waals surface area contributed by atoms with E-state index >= 15 is 0 Å². The molecule has 2 rings (SSSR count). The van der Waals surface area contributed by atoms with Crippen LogP contribution in [0.4, 0.5) is 5.69 Å². The molecule has 78 valence electrons. The van der Waals surface area contributed by atoms with Gasteiger partial charge in [0.15, 0.2) is 0 Å². The number of nitrogens with two attached hydrogens (primary N) is 1. The molecule has 2 aromatic rings. The second kappa shape index (κ2) is 3.43. The minimum Gasteiger partial charge on any atom is -0.399 e. The van der Waals surface area contributed by atoms with Crippen LogP contribution in [-0.4, -0.2) is 13.4 Å². The van der Waals surface area contributed by atoms with E-state index in [1.807, 2.05) is 0 Å². The molecule has 0 unspecified atom stereocenters. The molecule has 5 heteroatoms. The molecule has 3 N–H and O–H groups in total. The Labute approximate surface area is 87.7 Å². The molecule has 0 aliphatic heterocycles. The molecule has 0 aliphatic rings. The first-order chi connectivity index (χ1) is 7.10. The first-order valence-corrected chi connectivity index (χ1v) is 5.83. The summed E-state index contributed by atoms with van der Waals surface area (Å²) in [6, 6.07) is 9.28. The third-order valence-electron chi connectivity index (χ3n) is 2.05. The van der Waals surface area contributed by atoms with Crippen LogP contribution in [0.3, 0.4) is 0 Å². The van der Waals surface area contributed by atoms with Crippen LogP contribution < -0.4 is 5.73 Å². The molecule has 0 fully saturated rings. The van der Waals surface area contributed by atoms with Crippen molar-refractivity contribution in [3.05, 3.63) is 42.6 Å². The Morgan fingerprint density at radius 2 is 1.73 bits per heavy atom. The van der Waals surface area contributed by atoms with Gasteiger partial charge in [-0.25, -0.2) is 8.42 Å². The van der Waals surface area contributed by atoms with Gasteiger partial charge in [0.1, 0.15) is 5.03 Å². The third kappa shape index (κ3) is 1.73. The summed E-state index contributed by atoms with van der Waals surface area (Å²) in [4.78, 5) is 2.91. The molecule has 4 nitrogen and oxygen atoms in total. The van der Waals surface area contributed by atoms with Crippen LogP contribution >= 0.6 is 0 Å². The molecule has 0 saturated heterocycles. The normalized spacial score (nSPS) is 11.5. The molecule has 1 aromatic carbocycles. The SMILES string of the molecule is Nc1ccc(S(=O)(=O)c2ccc[nH]2)cc1. The number of nitrogens with one attached hydrogen (secondary N) is 1. The second-order valence-corrected chi connectivity index (χ2v) is 5.02. The smallest absolute Gasteiger partial charge is 0.221 e. The molecular weight excluding hydrogens is 212 g/mol. The van der Waals surface area contributed by atoms with Gasteiger partial charge in [0.2, 0.25) is 9.84 Å². The minimum absolute atomic E-state index is 0.187. The molecule has 0 bridgehead atoms. The maximum absolute atomic E-state index is 11.9. The van der Waals surface area contributed by atoms with Crippen molar-refractivity contribution in [2.75, 3.05) is 5.73 Å². The topological polar surface area (TPSA) is 76.0 Å². The second-order valence-electron chi connectivity index (χ2n) is 3.11. The Hall–Kier alpha value is -1.75. The zero-order chi connectivity index (χ0) is 10.9. The number of sulfone groups is 1. The van der Waals surface area contributed by atoms with Gasteiger partial charge in [-0.05, 0) is 36.4 Å². The number of nitrogen functional groups attached to an aromatic ring is 1. The fourth-order valence-corrected chi connectivity index (χ4v) is 2.48. The predicted octanol–water partition coefficient (Wildman–Crippen LogP) is 1.43. The van der Waals surface area contributed by atoms with Gasteiger partial charge < -0.3 is 10.7 Å². The van der Waals surface area contributed by atoms with Gasteiger partial charge >= 0.3 is 0 Å². The molecule has 0 aliphatic carbocycles. The van der Waals surface area contributed by atoms with Crippen molar-refractivity contribution < 1.29 is 8.42 Å². The van der Waals surface area contributed by atoms with Gasteiger partial charge in [0.05, 0.1) is 4.90 Å². The Kier molecular flexibility index (Phi) is 2.24. The largest absolute Gasteiger partial charge is 0.399 e. The van der Waals surface area contributed by atoms with Crippen LogP contribution in [0.1, 0.15) is 0 Å². The van der Waals surface area contributed by atoms with Crippen molar-refractivity contribution in [3.63, 3.8) is 0 Å². The van der Waals surface area contributed by atoms with E-state index in [1.165, 1.54) is 18.2 Å². The van der Waals surface area contributed by atoms with Crippen LogP contribution in [0.5, 0.6) is 0 Å². The van der Waals surface area contributed by atoms with E-state index < -0.39 is 9.84 Å². The minimum atomic E-state index is -3.42. The molecule has 0 radical (unpaired) electrons. The van der Waals surface area contributed by atoms with E-state index in [0.29, 0.717) is 5.69 Å². The van der Waals surface area contributed by atoms with Crippen LogP contribution in [0.2, 0.25) is 0 Å². The number of benzene rings is 1. The molecule has 0 saturated carbocycles. The third-order valence-corrected chi connectivity index (χ3v) is 3.78. The van der Waals surface area contributed by atoms with E-state index in [-0.39, 0.29) is 9.92 Å². The van der Waals surface area contributed by atoms with E-state index in [0.717, 1.165) is 0 Å². The highest BCUT2D eigenvalue weighted by Crippen LogP contribution is 2.19. The summed E-state index contributed by atoms with van der Waals surface area (Å²) in [6.45, 7) is 0. The predicted molar refractivity (Wildman–Crippen MR) is 57.1 cm³/mol. The van der Waals surface area contributed by atoms with Gasteiger partial charge in [-0.1, -0.05) is 0 Å². The average molecular weight is 222 g/mol. The Bertz CT molecular complexity index is 542. The van der Waals surface area contributed by atoms with Crippen molar-refractivity contribution in [1.29, 1.82) is 0 Å². The number of aromatic amines is 1. The number of H-pyrrole nitrogens is 1.